The van der Waals surface area contributed by atoms with Crippen molar-refractivity contribution in [2.45, 2.75) is 76.4 Å². The second kappa shape index (κ2) is 13.0. The molecule has 0 bridgehead atoms. The Morgan fingerprint density at radius 2 is 1.50 bits per heavy atom. The molecule has 0 saturated heterocycles. The van der Waals surface area contributed by atoms with E-state index in [0.29, 0.717) is 42.2 Å². The Hall–Kier alpha value is -4.56. The van der Waals surface area contributed by atoms with Crippen LogP contribution in [-0.2, 0) is 23.1 Å². The monoisotopic (exact) mass is 625 g/mol. The molecule has 242 valence electrons. The van der Waals surface area contributed by atoms with Crippen LogP contribution in [0.5, 0.6) is 0 Å². The van der Waals surface area contributed by atoms with Gasteiger partial charge in [-0.3, -0.25) is 14.4 Å². The minimum atomic E-state index is -0.951. The van der Waals surface area contributed by atoms with E-state index in [-0.39, 0.29) is 36.3 Å². The summed E-state index contributed by atoms with van der Waals surface area (Å²) in [7, 11) is 6.92. The van der Waals surface area contributed by atoms with Crippen LogP contribution in [0.25, 0.3) is 0 Å². The Morgan fingerprint density at radius 3 is 1.93 bits per heavy atom. The van der Waals surface area contributed by atoms with Crippen molar-refractivity contribution in [3.63, 3.8) is 0 Å². The number of benzene rings is 2. The molecule has 5 rings (SSSR count). The molecule has 3 amide bonds. The Balaban J connectivity index is 1.62. The molecule has 3 aromatic rings. The van der Waals surface area contributed by atoms with Gasteiger partial charge < -0.3 is 24.4 Å². The third-order valence-electron chi connectivity index (χ3n) is 9.04. The molecular weight excluding hydrogens is 582 g/mol. The Labute approximate surface area is 270 Å². The van der Waals surface area contributed by atoms with Crippen molar-refractivity contribution in [1.29, 1.82) is 5.26 Å². The van der Waals surface area contributed by atoms with Crippen LogP contribution in [0.4, 0.5) is 0 Å². The molecule has 1 N–H and O–H groups in total. The highest BCUT2D eigenvalue weighted by molar-refractivity contribution is 5.95. The van der Waals surface area contributed by atoms with Crippen LogP contribution >= 0.6 is 0 Å². The average molecular weight is 626 g/mol. The zero-order chi connectivity index (χ0) is 33.3. The highest BCUT2D eigenvalue weighted by Gasteiger charge is 2.47. The van der Waals surface area contributed by atoms with Crippen LogP contribution in [0, 0.1) is 18.3 Å². The molecule has 1 saturated carbocycles. The summed E-state index contributed by atoms with van der Waals surface area (Å²) < 4.78 is 6.27. The van der Waals surface area contributed by atoms with E-state index < -0.39 is 11.5 Å². The van der Waals surface area contributed by atoms with E-state index in [9.17, 15) is 19.6 Å². The number of carbonyl (C=O) groups excluding carboxylic acids is 3. The minimum Gasteiger partial charge on any atom is -0.424 e. The van der Waals surface area contributed by atoms with Crippen LogP contribution < -0.4 is 5.32 Å². The van der Waals surface area contributed by atoms with E-state index in [1.165, 1.54) is 0 Å². The Kier molecular flexibility index (Phi) is 9.31. The molecule has 1 fully saturated rings. The number of fused-ring (bicyclic) bond motifs is 2. The molecule has 0 aliphatic heterocycles. The predicted octanol–water partition coefficient (Wildman–Crippen LogP) is 3.49. The van der Waals surface area contributed by atoms with Gasteiger partial charge in [-0.05, 0) is 92.5 Å². The van der Waals surface area contributed by atoms with Crippen molar-refractivity contribution in [1.82, 2.24) is 30.2 Å². The maximum atomic E-state index is 13.3. The van der Waals surface area contributed by atoms with Gasteiger partial charge in [0.2, 0.25) is 17.7 Å². The predicted molar refractivity (Wildman–Crippen MR) is 172 cm³/mol. The van der Waals surface area contributed by atoms with Gasteiger partial charge in [-0.1, -0.05) is 12.1 Å². The third kappa shape index (κ3) is 6.27. The van der Waals surface area contributed by atoms with Gasteiger partial charge in [0.25, 0.3) is 11.8 Å². The summed E-state index contributed by atoms with van der Waals surface area (Å²) >= 11 is 0. The molecule has 0 spiro atoms. The number of aryl methyl sites for hydroxylation is 3. The molecular formula is C35H43N7O4. The molecule has 2 atom stereocenters. The summed E-state index contributed by atoms with van der Waals surface area (Å²) in [6.45, 7) is 5.61. The van der Waals surface area contributed by atoms with Gasteiger partial charge in [-0.15, -0.1) is 10.2 Å². The first kappa shape index (κ1) is 32.8. The topological polar surface area (TPSA) is 136 Å². The van der Waals surface area contributed by atoms with Crippen molar-refractivity contribution in [3.05, 3.63) is 81.6 Å². The molecule has 2 aromatic carbocycles. The molecule has 2 aliphatic rings. The van der Waals surface area contributed by atoms with E-state index in [1.807, 2.05) is 43.3 Å². The molecule has 11 nitrogen and oxygen atoms in total. The molecule has 46 heavy (non-hydrogen) atoms. The highest BCUT2D eigenvalue weighted by Crippen LogP contribution is 2.48. The van der Waals surface area contributed by atoms with Gasteiger partial charge >= 0.3 is 0 Å². The summed E-state index contributed by atoms with van der Waals surface area (Å²) in [5.74, 6) is 0.532. The smallest absolute Gasteiger partial charge is 0.253 e. The number of hydrogen-bond donors (Lipinski definition) is 1. The number of aromatic nitrogens is 2. The number of carbonyl (C=O) groups is 3. The molecule has 11 heteroatoms. The van der Waals surface area contributed by atoms with Gasteiger partial charge in [-0.25, -0.2) is 0 Å². The van der Waals surface area contributed by atoms with Crippen LogP contribution in [0.3, 0.4) is 0 Å². The quantitative estimate of drug-likeness (QED) is 0.362. The lowest BCUT2D eigenvalue weighted by molar-refractivity contribution is -0.132. The van der Waals surface area contributed by atoms with Gasteiger partial charge in [-0.2, -0.15) is 5.26 Å². The fraction of sp³-hybridized carbons (Fsp3) is 0.486. The maximum absolute atomic E-state index is 13.3. The van der Waals surface area contributed by atoms with Crippen molar-refractivity contribution in [2.75, 3.05) is 34.7 Å². The van der Waals surface area contributed by atoms with E-state index in [4.69, 9.17) is 4.42 Å². The lowest BCUT2D eigenvalue weighted by Crippen LogP contribution is -2.47. The van der Waals surface area contributed by atoms with Crippen molar-refractivity contribution in [3.8, 4) is 6.07 Å². The zero-order valence-electron chi connectivity index (χ0n) is 27.8. The van der Waals surface area contributed by atoms with Crippen LogP contribution in [-0.4, -0.2) is 95.5 Å². The summed E-state index contributed by atoms with van der Waals surface area (Å²) in [6, 6.07) is 13.2. The van der Waals surface area contributed by atoms with Gasteiger partial charge in [0.1, 0.15) is 11.5 Å². The van der Waals surface area contributed by atoms with Crippen LogP contribution in [0.1, 0.15) is 87.9 Å². The van der Waals surface area contributed by atoms with Crippen LogP contribution in [0.2, 0.25) is 0 Å². The summed E-state index contributed by atoms with van der Waals surface area (Å²) in [6.07, 6.45) is 3.54. The van der Waals surface area contributed by atoms with E-state index in [2.05, 4.69) is 21.6 Å². The zero-order valence-corrected chi connectivity index (χ0v) is 27.8. The first-order valence-corrected chi connectivity index (χ1v) is 15.8. The number of hydrogen-bond acceptors (Lipinski definition) is 8. The lowest BCUT2D eigenvalue weighted by atomic mass is 9.68. The maximum Gasteiger partial charge on any atom is 0.253 e. The van der Waals surface area contributed by atoms with Gasteiger partial charge in [0, 0.05) is 58.3 Å². The Bertz CT molecular complexity index is 1610. The molecule has 1 heterocycles. The summed E-state index contributed by atoms with van der Waals surface area (Å²) in [5, 5.41) is 21.8. The molecule has 0 radical (unpaired) electrons. The fourth-order valence-corrected chi connectivity index (χ4v) is 6.67. The number of nitriles is 1. The SMILES string of the molecule is Cc1nnc(C2(C[C@@H](C)NCC(=O)N(C(C)C#N)C3CC3)c3ccc(C(=O)N(C)C)cc3CCc3cc(C(=O)N(C)C)ccc32)o1. The number of nitrogens with zero attached hydrogens (tertiary/aromatic N) is 6. The molecule has 2 aliphatic carbocycles. The van der Waals surface area contributed by atoms with E-state index >= 15 is 0 Å². The molecule has 1 aromatic heterocycles. The fourth-order valence-electron chi connectivity index (χ4n) is 6.67. The van der Waals surface area contributed by atoms with Crippen molar-refractivity contribution < 1.29 is 18.8 Å². The van der Waals surface area contributed by atoms with Gasteiger partial charge in [0.15, 0.2) is 0 Å². The normalized spacial score (nSPS) is 16.2. The van der Waals surface area contributed by atoms with Gasteiger partial charge in [0.05, 0.1) is 12.6 Å². The second-order valence-corrected chi connectivity index (χ2v) is 13.0. The third-order valence-corrected chi connectivity index (χ3v) is 9.04. The number of nitrogens with one attached hydrogen (secondary N) is 1. The first-order valence-electron chi connectivity index (χ1n) is 15.8. The van der Waals surface area contributed by atoms with Crippen molar-refractivity contribution in [2.24, 2.45) is 0 Å². The highest BCUT2D eigenvalue weighted by atomic mass is 16.4. The average Bonchev–Trinajstić information content (AvgIpc) is 3.79. The largest absolute Gasteiger partial charge is 0.424 e. The Morgan fingerprint density at radius 1 is 0.957 bits per heavy atom. The second-order valence-electron chi connectivity index (χ2n) is 13.0. The number of rotatable bonds is 10. The first-order chi connectivity index (χ1) is 21.9. The van der Waals surface area contributed by atoms with E-state index in [0.717, 1.165) is 35.1 Å². The van der Waals surface area contributed by atoms with Crippen LogP contribution in [0.15, 0.2) is 40.8 Å². The number of amides is 3. The summed E-state index contributed by atoms with van der Waals surface area (Å²) in [5.41, 5.74) is 4.05. The minimum absolute atomic E-state index is 0.0783. The summed E-state index contributed by atoms with van der Waals surface area (Å²) in [4.78, 5) is 44.2. The standard InChI is InChI=1S/C35H43N7O4/c1-21(37-20-31(43)42(22(2)19-36)28-12-13-28)18-35(34-39-38-23(3)46-34)29-14-10-26(32(44)40(4)5)16-24(29)8-9-25-17-27(11-15-30(25)35)33(45)41(6)7/h10-11,14-17,21-22,28,37H,8-9,12-13,18,20H2,1-7H3/t21-,22?/m1/s1. The van der Waals surface area contributed by atoms with E-state index in [1.54, 1.807) is 56.7 Å². The molecule has 1 unspecified atom stereocenters. The lowest BCUT2D eigenvalue weighted by Gasteiger charge is -2.36. The van der Waals surface area contributed by atoms with Crippen molar-refractivity contribution >= 4 is 17.7 Å².